The number of piperidine rings is 1. The number of nitrogens with zero attached hydrogens (tertiary/aromatic N) is 2. The highest BCUT2D eigenvalue weighted by Crippen LogP contribution is 2.28. The lowest BCUT2D eigenvalue weighted by Gasteiger charge is -2.45. The summed E-state index contributed by atoms with van der Waals surface area (Å²) in [5, 5.41) is 9.26. The van der Waals surface area contributed by atoms with Crippen LogP contribution in [0.4, 0.5) is 8.78 Å². The average Bonchev–Trinajstić information content (AvgIpc) is 2.72. The second kappa shape index (κ2) is 10.1. The fraction of sp³-hybridized carbons (Fsp3) is 0.650. The van der Waals surface area contributed by atoms with Crippen LogP contribution in [0.25, 0.3) is 0 Å². The Balaban J connectivity index is 1.68. The number of aliphatic hydroxyl groups is 1. The van der Waals surface area contributed by atoms with Gasteiger partial charge in [-0.1, -0.05) is 6.07 Å². The van der Waals surface area contributed by atoms with Crippen molar-refractivity contribution in [3.05, 3.63) is 29.8 Å². The molecule has 0 unspecified atom stereocenters. The number of ether oxygens (including phenoxy) is 2. The zero-order chi connectivity index (χ0) is 19.9. The summed E-state index contributed by atoms with van der Waals surface area (Å²) in [5.41, 5.74) is 0.351. The molecule has 2 aliphatic heterocycles. The highest BCUT2D eigenvalue weighted by Gasteiger charge is 2.35. The number of benzene rings is 1. The Hall–Kier alpha value is -1.77. The fourth-order valence-electron chi connectivity index (χ4n) is 4.22. The maximum atomic E-state index is 12.9. The Labute approximate surface area is 164 Å². The number of carbonyl (C=O) groups excluding carboxylic acids is 1. The van der Waals surface area contributed by atoms with Crippen LogP contribution in [0, 0.1) is 5.92 Å². The van der Waals surface area contributed by atoms with Crippen LogP contribution in [-0.2, 0) is 4.74 Å². The van der Waals surface area contributed by atoms with Gasteiger partial charge >= 0.3 is 6.61 Å². The molecule has 0 aromatic heterocycles. The van der Waals surface area contributed by atoms with Crippen LogP contribution >= 0.6 is 0 Å². The molecule has 2 atom stereocenters. The van der Waals surface area contributed by atoms with Crippen LogP contribution in [0.15, 0.2) is 24.3 Å². The van der Waals surface area contributed by atoms with Crippen LogP contribution in [0.5, 0.6) is 5.75 Å². The van der Waals surface area contributed by atoms with Crippen molar-refractivity contribution in [3.63, 3.8) is 0 Å². The van der Waals surface area contributed by atoms with E-state index in [0.29, 0.717) is 31.1 Å². The van der Waals surface area contributed by atoms with Crippen LogP contribution < -0.4 is 4.74 Å². The molecule has 1 aromatic carbocycles. The average molecular weight is 398 g/mol. The second-order valence-electron chi connectivity index (χ2n) is 7.29. The molecule has 1 amide bonds. The van der Waals surface area contributed by atoms with Crippen molar-refractivity contribution in [2.24, 2.45) is 5.92 Å². The molecule has 2 saturated heterocycles. The van der Waals surface area contributed by atoms with Gasteiger partial charge in [0.1, 0.15) is 5.75 Å². The molecule has 156 valence electrons. The van der Waals surface area contributed by atoms with E-state index in [9.17, 15) is 18.7 Å². The molecular formula is C20H28F2N2O4. The van der Waals surface area contributed by atoms with Gasteiger partial charge in [-0.2, -0.15) is 8.78 Å². The van der Waals surface area contributed by atoms with Gasteiger partial charge in [0.05, 0.1) is 13.2 Å². The zero-order valence-corrected chi connectivity index (χ0v) is 15.9. The summed E-state index contributed by atoms with van der Waals surface area (Å²) in [5.74, 6) is 0.0819. The Morgan fingerprint density at radius 1 is 1.29 bits per heavy atom. The summed E-state index contributed by atoms with van der Waals surface area (Å²) in [7, 11) is 0. The van der Waals surface area contributed by atoms with Gasteiger partial charge in [0, 0.05) is 44.4 Å². The lowest BCUT2D eigenvalue weighted by atomic mass is 9.86. The normalized spacial score (nSPS) is 23.8. The van der Waals surface area contributed by atoms with E-state index < -0.39 is 6.61 Å². The van der Waals surface area contributed by atoms with E-state index in [4.69, 9.17) is 4.74 Å². The minimum absolute atomic E-state index is 0.0131. The summed E-state index contributed by atoms with van der Waals surface area (Å²) in [6.45, 7) is 1.66. The van der Waals surface area contributed by atoms with Crippen molar-refractivity contribution in [2.45, 2.75) is 31.9 Å². The molecule has 1 N–H and O–H groups in total. The van der Waals surface area contributed by atoms with Gasteiger partial charge in [0.2, 0.25) is 0 Å². The van der Waals surface area contributed by atoms with E-state index in [2.05, 4.69) is 9.64 Å². The monoisotopic (exact) mass is 398 g/mol. The van der Waals surface area contributed by atoms with Crippen LogP contribution in [0.2, 0.25) is 0 Å². The number of halogens is 2. The molecule has 2 aliphatic rings. The predicted octanol–water partition coefficient (Wildman–Crippen LogP) is 2.22. The highest BCUT2D eigenvalue weighted by molar-refractivity contribution is 5.94. The Morgan fingerprint density at radius 3 is 2.79 bits per heavy atom. The van der Waals surface area contributed by atoms with E-state index in [1.807, 2.05) is 0 Å². The van der Waals surface area contributed by atoms with Gasteiger partial charge in [-0.15, -0.1) is 0 Å². The van der Waals surface area contributed by atoms with Crippen molar-refractivity contribution in [2.75, 3.05) is 46.0 Å². The van der Waals surface area contributed by atoms with Crippen molar-refractivity contribution >= 4 is 5.91 Å². The van der Waals surface area contributed by atoms with Gasteiger partial charge in [-0.3, -0.25) is 9.69 Å². The van der Waals surface area contributed by atoms with Crippen molar-refractivity contribution < 1.29 is 28.2 Å². The maximum Gasteiger partial charge on any atom is 0.387 e. The van der Waals surface area contributed by atoms with Crippen molar-refractivity contribution in [1.82, 2.24) is 9.80 Å². The van der Waals surface area contributed by atoms with Crippen LogP contribution in [0.1, 0.15) is 29.6 Å². The summed E-state index contributed by atoms with van der Waals surface area (Å²) in [4.78, 5) is 17.2. The topological polar surface area (TPSA) is 62.2 Å². The zero-order valence-electron chi connectivity index (χ0n) is 15.9. The molecular weight excluding hydrogens is 370 g/mol. The summed E-state index contributed by atoms with van der Waals surface area (Å²) < 4.78 is 34.8. The molecule has 0 radical (unpaired) electrons. The molecule has 6 nitrogen and oxygen atoms in total. The van der Waals surface area contributed by atoms with Gasteiger partial charge < -0.3 is 19.5 Å². The van der Waals surface area contributed by atoms with Gasteiger partial charge in [-0.05, 0) is 43.4 Å². The molecule has 0 bridgehead atoms. The first-order chi connectivity index (χ1) is 13.6. The lowest BCUT2D eigenvalue weighted by Crippen LogP contribution is -2.55. The number of alkyl halides is 2. The van der Waals surface area contributed by atoms with Gasteiger partial charge in [-0.25, -0.2) is 0 Å². The number of amides is 1. The Bertz CT molecular complexity index is 640. The molecule has 0 aliphatic carbocycles. The molecule has 0 saturated carbocycles. The van der Waals surface area contributed by atoms with Gasteiger partial charge in [0.25, 0.3) is 5.91 Å². The number of aliphatic hydroxyl groups excluding tert-OH is 1. The number of morpholine rings is 1. The largest absolute Gasteiger partial charge is 0.435 e. The maximum absolute atomic E-state index is 12.9. The van der Waals surface area contributed by atoms with Crippen LogP contribution in [-0.4, -0.2) is 79.5 Å². The number of likely N-dealkylation sites (tertiary alicyclic amines) is 1. The minimum Gasteiger partial charge on any atom is -0.435 e. The standard InChI is InChI=1S/C20H28F2N2O4/c21-20(22)28-17-5-1-3-15(13-17)19(26)24-7-6-18(16(14-24)4-2-10-25)23-8-11-27-12-9-23/h1,3,5,13,16,18,20,25H,2,4,6-12,14H2/t16-,18+/m1/s1. The van der Waals surface area contributed by atoms with E-state index in [1.165, 1.54) is 12.1 Å². The number of rotatable bonds is 7. The second-order valence-corrected chi connectivity index (χ2v) is 7.29. The smallest absolute Gasteiger partial charge is 0.387 e. The summed E-state index contributed by atoms with van der Waals surface area (Å²) in [6.07, 6.45) is 2.40. The third-order valence-corrected chi connectivity index (χ3v) is 5.53. The summed E-state index contributed by atoms with van der Waals surface area (Å²) in [6, 6.07) is 6.32. The SMILES string of the molecule is O=C(c1cccc(OC(F)F)c1)N1CC[C@H](N2CCOCC2)[C@H](CCCO)C1. The molecule has 1 aromatic rings. The fourth-order valence-corrected chi connectivity index (χ4v) is 4.22. The first kappa shape index (κ1) is 21.0. The Kier molecular flexibility index (Phi) is 7.58. The number of carbonyl (C=O) groups is 1. The molecule has 2 heterocycles. The third-order valence-electron chi connectivity index (χ3n) is 5.53. The predicted molar refractivity (Wildman–Crippen MR) is 99.6 cm³/mol. The molecule has 28 heavy (non-hydrogen) atoms. The Morgan fingerprint density at radius 2 is 2.07 bits per heavy atom. The van der Waals surface area contributed by atoms with E-state index in [0.717, 1.165) is 39.1 Å². The van der Waals surface area contributed by atoms with Crippen molar-refractivity contribution in [3.8, 4) is 5.75 Å². The number of hydrogen-bond acceptors (Lipinski definition) is 5. The van der Waals surface area contributed by atoms with Crippen LogP contribution in [0.3, 0.4) is 0 Å². The van der Waals surface area contributed by atoms with E-state index in [-0.39, 0.29) is 24.2 Å². The number of hydrogen-bond donors (Lipinski definition) is 1. The minimum atomic E-state index is -2.92. The quantitative estimate of drug-likeness (QED) is 0.763. The first-order valence-electron chi connectivity index (χ1n) is 9.85. The van der Waals surface area contributed by atoms with Gasteiger partial charge in [0.15, 0.2) is 0 Å². The van der Waals surface area contributed by atoms with Crippen molar-refractivity contribution in [1.29, 1.82) is 0 Å². The molecule has 3 rings (SSSR count). The molecule has 2 fully saturated rings. The van der Waals surface area contributed by atoms with E-state index in [1.54, 1.807) is 17.0 Å². The van der Waals surface area contributed by atoms with E-state index >= 15 is 0 Å². The first-order valence-corrected chi connectivity index (χ1v) is 9.85. The summed E-state index contributed by atoms with van der Waals surface area (Å²) >= 11 is 0. The molecule has 8 heteroatoms. The highest BCUT2D eigenvalue weighted by atomic mass is 19.3. The third kappa shape index (κ3) is 5.40. The molecule has 0 spiro atoms. The lowest BCUT2D eigenvalue weighted by molar-refractivity contribution is -0.0499.